The van der Waals surface area contributed by atoms with Gasteiger partial charge in [0.25, 0.3) is 0 Å². The van der Waals surface area contributed by atoms with Crippen molar-refractivity contribution in [3.8, 4) is 17.2 Å². The topological polar surface area (TPSA) is 70.8 Å². The Bertz CT molecular complexity index is 390. The van der Waals surface area contributed by atoms with Gasteiger partial charge in [0.1, 0.15) is 0 Å². The minimum atomic E-state index is 0.227. The van der Waals surface area contributed by atoms with Crippen LogP contribution in [0.5, 0.6) is 17.2 Å². The SMILES string of the molecule is COc1cc(CN)c(C=O)c(OC)c1OC. The van der Waals surface area contributed by atoms with Crippen LogP contribution in [0.3, 0.4) is 0 Å². The van der Waals surface area contributed by atoms with Crippen molar-refractivity contribution in [3.63, 3.8) is 0 Å². The van der Waals surface area contributed by atoms with Crippen molar-refractivity contribution >= 4 is 6.29 Å². The van der Waals surface area contributed by atoms with E-state index in [1.807, 2.05) is 0 Å². The standard InChI is InChI=1S/C11H15NO4/c1-14-9-4-7(5-12)8(6-13)10(15-2)11(9)16-3/h4,6H,5,12H2,1-3H3. The second kappa shape index (κ2) is 5.37. The van der Waals surface area contributed by atoms with Crippen LogP contribution in [0.25, 0.3) is 0 Å². The van der Waals surface area contributed by atoms with E-state index in [2.05, 4.69) is 0 Å². The number of aldehydes is 1. The molecule has 0 saturated heterocycles. The molecule has 0 radical (unpaired) electrons. The number of rotatable bonds is 5. The third-order valence-electron chi connectivity index (χ3n) is 2.29. The molecule has 0 aromatic heterocycles. The molecule has 2 N–H and O–H groups in total. The first-order valence-electron chi connectivity index (χ1n) is 4.70. The molecule has 0 saturated carbocycles. The number of ether oxygens (including phenoxy) is 3. The van der Waals surface area contributed by atoms with E-state index in [1.165, 1.54) is 21.3 Å². The number of hydrogen-bond acceptors (Lipinski definition) is 5. The molecule has 5 nitrogen and oxygen atoms in total. The molecule has 5 heteroatoms. The fraction of sp³-hybridized carbons (Fsp3) is 0.364. The zero-order valence-corrected chi connectivity index (χ0v) is 9.57. The summed E-state index contributed by atoms with van der Waals surface area (Å²) in [4.78, 5) is 11.0. The van der Waals surface area contributed by atoms with Crippen molar-refractivity contribution in [2.45, 2.75) is 6.54 Å². The Kier molecular flexibility index (Phi) is 4.13. The van der Waals surface area contributed by atoms with E-state index in [4.69, 9.17) is 19.9 Å². The molecule has 1 aromatic rings. The third-order valence-corrected chi connectivity index (χ3v) is 2.29. The second-order valence-electron chi connectivity index (χ2n) is 3.04. The molecule has 16 heavy (non-hydrogen) atoms. The van der Waals surface area contributed by atoms with Gasteiger partial charge in [-0.3, -0.25) is 4.79 Å². The van der Waals surface area contributed by atoms with Crippen LogP contribution in [0.1, 0.15) is 15.9 Å². The molecule has 0 atom stereocenters. The fourth-order valence-corrected chi connectivity index (χ4v) is 1.53. The molecule has 0 aliphatic carbocycles. The number of carbonyl (C=O) groups is 1. The second-order valence-corrected chi connectivity index (χ2v) is 3.04. The van der Waals surface area contributed by atoms with Crippen LogP contribution in [-0.2, 0) is 6.54 Å². The van der Waals surface area contributed by atoms with Gasteiger partial charge in [0.15, 0.2) is 17.8 Å². The number of carbonyl (C=O) groups excluding carboxylic acids is 1. The summed E-state index contributed by atoms with van der Waals surface area (Å²) in [6.07, 6.45) is 0.697. The molecule has 88 valence electrons. The Morgan fingerprint density at radius 1 is 1.19 bits per heavy atom. The lowest BCUT2D eigenvalue weighted by Crippen LogP contribution is -2.06. The van der Waals surface area contributed by atoms with E-state index in [-0.39, 0.29) is 6.54 Å². The molecule has 1 rings (SSSR count). The van der Waals surface area contributed by atoms with Crippen molar-refractivity contribution in [1.29, 1.82) is 0 Å². The average molecular weight is 225 g/mol. The van der Waals surface area contributed by atoms with Crippen molar-refractivity contribution in [2.75, 3.05) is 21.3 Å². The Labute approximate surface area is 94.1 Å². The average Bonchev–Trinajstić information content (AvgIpc) is 2.35. The monoisotopic (exact) mass is 225 g/mol. The predicted molar refractivity (Wildman–Crippen MR) is 59.4 cm³/mol. The summed E-state index contributed by atoms with van der Waals surface area (Å²) < 4.78 is 15.4. The van der Waals surface area contributed by atoms with Crippen molar-refractivity contribution < 1.29 is 19.0 Å². The zero-order chi connectivity index (χ0) is 12.1. The van der Waals surface area contributed by atoms with Crippen LogP contribution in [-0.4, -0.2) is 27.6 Å². The number of nitrogens with two attached hydrogens (primary N) is 1. The molecule has 0 bridgehead atoms. The van der Waals surface area contributed by atoms with Gasteiger partial charge in [-0.2, -0.15) is 0 Å². The first kappa shape index (κ1) is 12.3. The van der Waals surface area contributed by atoms with Gasteiger partial charge in [0.05, 0.1) is 26.9 Å². The maximum absolute atomic E-state index is 11.0. The van der Waals surface area contributed by atoms with Crippen LogP contribution in [0.4, 0.5) is 0 Å². The first-order chi connectivity index (χ1) is 7.73. The highest BCUT2D eigenvalue weighted by molar-refractivity contribution is 5.85. The molecule has 0 fully saturated rings. The molecule has 0 aliphatic rings. The largest absolute Gasteiger partial charge is 0.493 e. The molecule has 0 unspecified atom stereocenters. The fourth-order valence-electron chi connectivity index (χ4n) is 1.53. The summed E-state index contributed by atoms with van der Waals surface area (Å²) in [5.41, 5.74) is 6.60. The Morgan fingerprint density at radius 2 is 1.81 bits per heavy atom. The van der Waals surface area contributed by atoms with E-state index >= 15 is 0 Å². The number of benzene rings is 1. The van der Waals surface area contributed by atoms with Gasteiger partial charge < -0.3 is 19.9 Å². The third kappa shape index (κ3) is 1.94. The van der Waals surface area contributed by atoms with Crippen LogP contribution in [0, 0.1) is 0 Å². The molecule has 0 spiro atoms. The molecule has 0 amide bonds. The van der Waals surface area contributed by atoms with Gasteiger partial charge in [0, 0.05) is 6.54 Å². The van der Waals surface area contributed by atoms with Crippen LogP contribution in [0.2, 0.25) is 0 Å². The summed E-state index contributed by atoms with van der Waals surface area (Å²) in [5, 5.41) is 0. The smallest absolute Gasteiger partial charge is 0.204 e. The quantitative estimate of drug-likeness (QED) is 0.756. The van der Waals surface area contributed by atoms with E-state index in [0.717, 1.165) is 0 Å². The highest BCUT2D eigenvalue weighted by Gasteiger charge is 2.19. The van der Waals surface area contributed by atoms with E-state index in [9.17, 15) is 4.79 Å². The summed E-state index contributed by atoms with van der Waals surface area (Å²) in [5.74, 6) is 1.23. The Morgan fingerprint density at radius 3 is 2.19 bits per heavy atom. The van der Waals surface area contributed by atoms with Gasteiger partial charge in [-0.05, 0) is 11.6 Å². The van der Waals surface area contributed by atoms with E-state index in [1.54, 1.807) is 6.07 Å². The highest BCUT2D eigenvalue weighted by Crippen LogP contribution is 2.41. The lowest BCUT2D eigenvalue weighted by molar-refractivity contribution is 0.111. The predicted octanol–water partition coefficient (Wildman–Crippen LogP) is 0.984. The summed E-state index contributed by atoms with van der Waals surface area (Å²) in [7, 11) is 4.46. The molecule has 1 aromatic carbocycles. The Hall–Kier alpha value is -1.75. The van der Waals surface area contributed by atoms with Crippen LogP contribution < -0.4 is 19.9 Å². The van der Waals surface area contributed by atoms with Gasteiger partial charge in [0.2, 0.25) is 5.75 Å². The number of methoxy groups -OCH3 is 3. The van der Waals surface area contributed by atoms with Gasteiger partial charge in [-0.1, -0.05) is 0 Å². The lowest BCUT2D eigenvalue weighted by atomic mass is 10.1. The summed E-state index contributed by atoms with van der Waals surface area (Å²) in [6, 6.07) is 1.67. The normalized spacial score (nSPS) is 9.75. The molecular weight excluding hydrogens is 210 g/mol. The summed E-state index contributed by atoms with van der Waals surface area (Å²) >= 11 is 0. The highest BCUT2D eigenvalue weighted by atomic mass is 16.5. The zero-order valence-electron chi connectivity index (χ0n) is 9.57. The van der Waals surface area contributed by atoms with E-state index in [0.29, 0.717) is 34.7 Å². The van der Waals surface area contributed by atoms with Crippen molar-refractivity contribution in [3.05, 3.63) is 17.2 Å². The van der Waals surface area contributed by atoms with Gasteiger partial charge >= 0.3 is 0 Å². The maximum atomic E-state index is 11.0. The molecule has 0 heterocycles. The summed E-state index contributed by atoms with van der Waals surface area (Å²) in [6.45, 7) is 0.227. The minimum Gasteiger partial charge on any atom is -0.493 e. The van der Waals surface area contributed by atoms with Crippen molar-refractivity contribution in [1.82, 2.24) is 0 Å². The van der Waals surface area contributed by atoms with Gasteiger partial charge in [-0.15, -0.1) is 0 Å². The minimum absolute atomic E-state index is 0.227. The van der Waals surface area contributed by atoms with Crippen LogP contribution >= 0.6 is 0 Å². The molecule has 0 aliphatic heterocycles. The Balaban J connectivity index is 3.54. The van der Waals surface area contributed by atoms with Gasteiger partial charge in [-0.25, -0.2) is 0 Å². The maximum Gasteiger partial charge on any atom is 0.204 e. The lowest BCUT2D eigenvalue weighted by Gasteiger charge is -2.16. The van der Waals surface area contributed by atoms with E-state index < -0.39 is 0 Å². The molecular formula is C11H15NO4. The van der Waals surface area contributed by atoms with Crippen molar-refractivity contribution in [2.24, 2.45) is 5.73 Å². The number of hydrogen-bond donors (Lipinski definition) is 1. The first-order valence-corrected chi connectivity index (χ1v) is 4.70. The van der Waals surface area contributed by atoms with Crippen LogP contribution in [0.15, 0.2) is 6.07 Å².